The first-order valence-electron chi connectivity index (χ1n) is 4.17. The highest BCUT2D eigenvalue weighted by molar-refractivity contribution is 7.77. The molecule has 0 bridgehead atoms. The molecule has 0 saturated heterocycles. The second-order valence-electron chi connectivity index (χ2n) is 2.38. The van der Waals surface area contributed by atoms with Crippen LogP contribution in [0.25, 0.3) is 0 Å². The summed E-state index contributed by atoms with van der Waals surface area (Å²) in [6.07, 6.45) is 0.846. The van der Waals surface area contributed by atoms with Gasteiger partial charge in [-0.2, -0.15) is 0 Å². The molecule has 1 amide bonds. The Balaban J connectivity index is 3.85. The van der Waals surface area contributed by atoms with Crippen molar-refractivity contribution in [2.45, 2.75) is 26.7 Å². The van der Waals surface area contributed by atoms with Crippen LogP contribution in [0.4, 0.5) is 4.79 Å². The molecule has 0 aromatic heterocycles. The van der Waals surface area contributed by atoms with Crippen molar-refractivity contribution in [2.75, 3.05) is 13.2 Å². The molecule has 0 N–H and O–H groups in total. The van der Waals surface area contributed by atoms with Gasteiger partial charge in [0.25, 0.3) is 0 Å². The minimum absolute atomic E-state index is 0.0983. The number of rotatable bonds is 5. The first-order valence-corrected chi connectivity index (χ1v) is 5.20. The number of carbonyl (C=O) groups is 1. The summed E-state index contributed by atoms with van der Waals surface area (Å²) in [4.78, 5) is 11.0. The minimum Gasteiger partial charge on any atom is -0.755 e. The smallest absolute Gasteiger partial charge is 0.420 e. The maximum atomic E-state index is 11.0. The molecule has 0 spiro atoms. The zero-order valence-electron chi connectivity index (χ0n) is 7.82. The van der Waals surface area contributed by atoms with E-state index in [1.807, 2.05) is 6.92 Å². The van der Waals surface area contributed by atoms with Crippen LogP contribution in [0.1, 0.15) is 26.7 Å². The van der Waals surface area contributed by atoms with Crippen molar-refractivity contribution in [1.29, 1.82) is 0 Å². The Labute approximate surface area is 80.5 Å². The van der Waals surface area contributed by atoms with E-state index in [4.69, 9.17) is 4.74 Å². The van der Waals surface area contributed by atoms with E-state index in [9.17, 15) is 13.6 Å². The Morgan fingerprint density at radius 1 is 1.54 bits per heavy atom. The molecule has 0 fully saturated rings. The van der Waals surface area contributed by atoms with Crippen molar-refractivity contribution >= 4 is 17.4 Å². The fourth-order valence-corrected chi connectivity index (χ4v) is 1.06. The number of hydrogen-bond donors (Lipinski definition) is 0. The molecule has 1 unspecified atom stereocenters. The van der Waals surface area contributed by atoms with E-state index in [2.05, 4.69) is 0 Å². The largest absolute Gasteiger partial charge is 0.755 e. The zero-order valence-corrected chi connectivity index (χ0v) is 8.63. The maximum absolute atomic E-state index is 11.0. The molecule has 13 heavy (non-hydrogen) atoms. The van der Waals surface area contributed by atoms with Crippen LogP contribution >= 0.6 is 0 Å². The maximum Gasteiger partial charge on any atom is 0.420 e. The van der Waals surface area contributed by atoms with Crippen LogP contribution in [0.5, 0.6) is 0 Å². The van der Waals surface area contributed by atoms with Gasteiger partial charge in [0.15, 0.2) is 0 Å². The molecule has 0 aromatic rings. The molecule has 0 aliphatic rings. The average Bonchev–Trinajstić information content (AvgIpc) is 2.05. The van der Waals surface area contributed by atoms with Gasteiger partial charge < -0.3 is 9.29 Å². The molecule has 1 atom stereocenters. The minimum atomic E-state index is -2.53. The summed E-state index contributed by atoms with van der Waals surface area (Å²) in [5.41, 5.74) is 0. The molecule has 5 nitrogen and oxygen atoms in total. The van der Waals surface area contributed by atoms with E-state index >= 15 is 0 Å². The number of hydrogen-bond acceptors (Lipinski definition) is 4. The number of unbranched alkanes of at least 4 members (excludes halogenated alkanes) is 1. The summed E-state index contributed by atoms with van der Waals surface area (Å²) < 4.78 is 26.2. The topological polar surface area (TPSA) is 69.7 Å². The lowest BCUT2D eigenvalue weighted by atomic mass is 10.4. The molecule has 0 saturated carbocycles. The highest BCUT2D eigenvalue weighted by Gasteiger charge is 2.12. The number of nitrogens with zero attached hydrogens (tertiary/aromatic N) is 1. The molecular weight excluding hydrogens is 194 g/mol. The van der Waals surface area contributed by atoms with E-state index in [-0.39, 0.29) is 13.2 Å². The predicted octanol–water partition coefficient (Wildman–Crippen LogP) is 1.04. The summed E-state index contributed by atoms with van der Waals surface area (Å²) in [6.45, 7) is 3.89. The SMILES string of the molecule is CCCCOC(=O)N(CC)S(=O)[O-]. The molecule has 0 radical (unpaired) electrons. The van der Waals surface area contributed by atoms with Crippen LogP contribution in [0.2, 0.25) is 0 Å². The molecule has 0 aliphatic heterocycles. The molecule has 0 rings (SSSR count). The third kappa shape index (κ3) is 4.84. The Morgan fingerprint density at radius 3 is 2.54 bits per heavy atom. The molecule has 0 aromatic carbocycles. The first-order chi connectivity index (χ1) is 6.13. The fourth-order valence-electron chi connectivity index (χ4n) is 0.671. The zero-order chi connectivity index (χ0) is 10.3. The third-order valence-electron chi connectivity index (χ3n) is 1.39. The predicted molar refractivity (Wildman–Crippen MR) is 47.6 cm³/mol. The monoisotopic (exact) mass is 208 g/mol. The lowest BCUT2D eigenvalue weighted by Crippen LogP contribution is -2.33. The van der Waals surface area contributed by atoms with Gasteiger partial charge in [-0.3, -0.25) is 4.21 Å². The van der Waals surface area contributed by atoms with Gasteiger partial charge in [-0.25, -0.2) is 9.10 Å². The van der Waals surface area contributed by atoms with Gasteiger partial charge in [0.1, 0.15) is 0 Å². The fraction of sp³-hybridized carbons (Fsp3) is 0.857. The summed E-state index contributed by atoms with van der Waals surface area (Å²) >= 11 is -2.53. The molecule has 78 valence electrons. The quantitative estimate of drug-likeness (QED) is 0.500. The highest BCUT2D eigenvalue weighted by atomic mass is 32.2. The normalized spacial score (nSPS) is 12.2. The van der Waals surface area contributed by atoms with Crippen LogP contribution in [-0.2, 0) is 16.0 Å². The lowest BCUT2D eigenvalue weighted by Gasteiger charge is -2.21. The Bertz CT molecular complexity index is 185. The first kappa shape index (κ1) is 12.4. The van der Waals surface area contributed by atoms with Crippen LogP contribution in [0.15, 0.2) is 0 Å². The van der Waals surface area contributed by atoms with Gasteiger partial charge in [0.2, 0.25) is 0 Å². The second-order valence-corrected chi connectivity index (χ2v) is 3.25. The van der Waals surface area contributed by atoms with Crippen molar-refractivity contribution in [3.05, 3.63) is 0 Å². The van der Waals surface area contributed by atoms with Crippen LogP contribution < -0.4 is 0 Å². The molecule has 0 aliphatic carbocycles. The van der Waals surface area contributed by atoms with E-state index in [1.165, 1.54) is 0 Å². The van der Waals surface area contributed by atoms with Gasteiger partial charge in [-0.15, -0.1) is 0 Å². The van der Waals surface area contributed by atoms with E-state index < -0.39 is 17.4 Å². The highest BCUT2D eigenvalue weighted by Crippen LogP contribution is 1.98. The number of amides is 1. The summed E-state index contributed by atoms with van der Waals surface area (Å²) in [5.74, 6) is 0. The second kappa shape index (κ2) is 6.85. The number of carbonyl (C=O) groups excluding carboxylic acids is 1. The molecular formula is C7H14NO4S-. The van der Waals surface area contributed by atoms with Gasteiger partial charge in [0, 0.05) is 6.54 Å². The van der Waals surface area contributed by atoms with Crippen molar-refractivity contribution in [3.8, 4) is 0 Å². The van der Waals surface area contributed by atoms with Crippen molar-refractivity contribution in [2.24, 2.45) is 0 Å². The average molecular weight is 208 g/mol. The summed E-state index contributed by atoms with van der Waals surface area (Å²) in [5, 5.41) is 0. The van der Waals surface area contributed by atoms with Crippen molar-refractivity contribution < 1.29 is 18.3 Å². The molecule has 0 heterocycles. The van der Waals surface area contributed by atoms with Crippen LogP contribution in [0, 0.1) is 0 Å². The Hall–Kier alpha value is -0.620. The Morgan fingerprint density at radius 2 is 2.15 bits per heavy atom. The van der Waals surface area contributed by atoms with E-state index in [0.29, 0.717) is 4.31 Å². The lowest BCUT2D eigenvalue weighted by molar-refractivity contribution is 0.124. The van der Waals surface area contributed by atoms with Gasteiger partial charge in [-0.1, -0.05) is 13.3 Å². The third-order valence-corrected chi connectivity index (χ3v) is 2.16. The summed E-state index contributed by atoms with van der Waals surface area (Å²) in [6, 6.07) is 0. The van der Waals surface area contributed by atoms with E-state index in [1.54, 1.807) is 6.92 Å². The van der Waals surface area contributed by atoms with Gasteiger partial charge in [-0.05, 0) is 13.3 Å². The van der Waals surface area contributed by atoms with E-state index in [0.717, 1.165) is 12.8 Å². The van der Waals surface area contributed by atoms with Gasteiger partial charge >= 0.3 is 6.09 Å². The molecule has 6 heteroatoms. The van der Waals surface area contributed by atoms with Gasteiger partial charge in [0.05, 0.1) is 17.9 Å². The van der Waals surface area contributed by atoms with Crippen molar-refractivity contribution in [1.82, 2.24) is 4.31 Å². The standard InChI is InChI=1S/C7H15NO4S/c1-3-5-6-12-7(9)8(4-2)13(10)11/h3-6H2,1-2H3,(H,10,11)/p-1. The Kier molecular flexibility index (Phi) is 6.52. The van der Waals surface area contributed by atoms with Crippen LogP contribution in [0.3, 0.4) is 0 Å². The van der Waals surface area contributed by atoms with Crippen LogP contribution in [-0.4, -0.2) is 32.3 Å². The summed E-state index contributed by atoms with van der Waals surface area (Å²) in [7, 11) is 0. The number of ether oxygens (including phenoxy) is 1. The van der Waals surface area contributed by atoms with Crippen molar-refractivity contribution in [3.63, 3.8) is 0 Å².